The molecule has 274 valence electrons. The van der Waals surface area contributed by atoms with E-state index >= 15 is 0 Å². The van der Waals surface area contributed by atoms with Crippen LogP contribution in [-0.4, -0.2) is 91.4 Å². The fourth-order valence-electron chi connectivity index (χ4n) is 8.19. The van der Waals surface area contributed by atoms with Gasteiger partial charge in [0.25, 0.3) is 0 Å². The minimum absolute atomic E-state index is 0.346. The summed E-state index contributed by atoms with van der Waals surface area (Å²) in [6.07, 6.45) is 0.429. The van der Waals surface area contributed by atoms with Crippen LogP contribution in [0.5, 0.6) is 0 Å². The molecule has 2 fully saturated rings. The van der Waals surface area contributed by atoms with Gasteiger partial charge in [-0.1, -0.05) is 78.3 Å². The molecule has 0 bridgehead atoms. The highest BCUT2D eigenvalue weighted by Gasteiger charge is 2.44. The number of carbonyl (C=O) groups excluding carboxylic acids is 1. The number of rotatable bonds is 7. The highest BCUT2D eigenvalue weighted by atomic mass is 35.5. The van der Waals surface area contributed by atoms with Crippen LogP contribution in [0, 0.1) is 0 Å². The predicted molar refractivity (Wildman–Crippen MR) is 215 cm³/mol. The van der Waals surface area contributed by atoms with Crippen LogP contribution >= 0.6 is 11.6 Å². The number of nitrogens with one attached hydrogen (secondary N) is 1. The lowest BCUT2D eigenvalue weighted by Gasteiger charge is -2.42. The lowest BCUT2D eigenvalue weighted by Crippen LogP contribution is -2.51. The van der Waals surface area contributed by atoms with Crippen LogP contribution in [-0.2, 0) is 16.0 Å². The number of esters is 1. The van der Waals surface area contributed by atoms with Crippen molar-refractivity contribution in [3.63, 3.8) is 0 Å². The molecule has 0 aliphatic carbocycles. The molecule has 12 heteroatoms. The monoisotopic (exact) mass is 739 g/mol. The fraction of sp³-hybridized carbons (Fsp3) is 0.286. The smallest absolute Gasteiger partial charge is 0.328 e. The number of fused-ring (bicyclic) bond motifs is 3. The molecule has 0 saturated carbocycles. The Morgan fingerprint density at radius 2 is 1.15 bits per heavy atom. The number of anilines is 5. The minimum atomic E-state index is -0.699. The molecule has 5 heterocycles. The zero-order valence-electron chi connectivity index (χ0n) is 30.2. The van der Waals surface area contributed by atoms with Gasteiger partial charge >= 0.3 is 5.97 Å². The quantitative estimate of drug-likeness (QED) is 0.187. The summed E-state index contributed by atoms with van der Waals surface area (Å²) in [5, 5.41) is 1.72. The number of aromatic nitrogens is 4. The molecule has 4 aromatic carbocycles. The Morgan fingerprint density at radius 1 is 0.648 bits per heavy atom. The summed E-state index contributed by atoms with van der Waals surface area (Å²) in [6.45, 7) is 6.29. The summed E-state index contributed by atoms with van der Waals surface area (Å²) in [5.41, 5.74) is 6.46. The molecule has 0 unspecified atom stereocenters. The maximum Gasteiger partial charge on any atom is 0.328 e. The van der Waals surface area contributed by atoms with Gasteiger partial charge in [-0.15, -0.1) is 0 Å². The Balaban J connectivity index is 1.14. The summed E-state index contributed by atoms with van der Waals surface area (Å²) in [5.74, 6) is 1.30. The Kier molecular flexibility index (Phi) is 9.16. The third-order valence-corrected chi connectivity index (χ3v) is 11.2. The van der Waals surface area contributed by atoms with Crippen molar-refractivity contribution in [3.05, 3.63) is 131 Å². The van der Waals surface area contributed by atoms with Crippen LogP contribution in [0.4, 0.5) is 29.2 Å². The zero-order chi connectivity index (χ0) is 36.6. The number of para-hydroxylation sites is 3. The van der Waals surface area contributed by atoms with Crippen LogP contribution in [0.2, 0.25) is 5.02 Å². The first-order chi connectivity index (χ1) is 26.5. The van der Waals surface area contributed by atoms with E-state index in [0.29, 0.717) is 29.3 Å². The van der Waals surface area contributed by atoms with Crippen LogP contribution in [0.1, 0.15) is 22.9 Å². The molecule has 11 nitrogen and oxygen atoms in total. The summed E-state index contributed by atoms with van der Waals surface area (Å²) >= 11 is 6.44. The van der Waals surface area contributed by atoms with E-state index in [9.17, 15) is 4.79 Å². The molecule has 0 radical (unpaired) electrons. The Bertz CT molecular complexity index is 2160. The molecule has 9 rings (SSSR count). The van der Waals surface area contributed by atoms with Crippen molar-refractivity contribution < 1.29 is 9.53 Å². The van der Waals surface area contributed by atoms with E-state index in [1.807, 2.05) is 53.4 Å². The van der Waals surface area contributed by atoms with Crippen molar-refractivity contribution in [2.75, 3.05) is 84.0 Å². The molecular formula is C42H42ClN9O2. The van der Waals surface area contributed by atoms with E-state index in [1.165, 1.54) is 18.5 Å². The average molecular weight is 740 g/mol. The normalized spacial score (nSPS) is 18.9. The standard InChI is InChI=1S/C42H42ClN9O2/c1-54-39(53)36-28-34-33-14-8-9-15-35(33)44-37(34)38(29-16-18-30(43)19-17-29)52(36)42-46-40(50-24-20-48(21-25-50)31-10-4-2-5-11-31)45-41(47-42)51-26-22-49(23-27-51)32-12-6-3-7-13-32/h2-19,36,38,44H,20-28H2,1H3/t36-,38-/m0/s1. The molecule has 2 atom stereocenters. The van der Waals surface area contributed by atoms with Crippen LogP contribution in [0.15, 0.2) is 109 Å². The number of hydrogen-bond acceptors (Lipinski definition) is 10. The maximum absolute atomic E-state index is 14.0. The van der Waals surface area contributed by atoms with Crippen LogP contribution in [0.25, 0.3) is 10.9 Å². The zero-order valence-corrected chi connectivity index (χ0v) is 30.9. The van der Waals surface area contributed by atoms with Crippen molar-refractivity contribution in [2.45, 2.75) is 18.5 Å². The number of carbonyl (C=O) groups is 1. The third-order valence-electron chi connectivity index (χ3n) is 11.0. The molecule has 3 aliphatic rings. The first kappa shape index (κ1) is 34.0. The largest absolute Gasteiger partial charge is 0.467 e. The number of hydrogen-bond donors (Lipinski definition) is 1. The van der Waals surface area contributed by atoms with E-state index in [-0.39, 0.29) is 5.97 Å². The molecule has 2 aromatic heterocycles. The number of methoxy groups -OCH3 is 1. The predicted octanol–water partition coefficient (Wildman–Crippen LogP) is 6.35. The Morgan fingerprint density at radius 3 is 1.70 bits per heavy atom. The second-order valence-electron chi connectivity index (χ2n) is 14.0. The lowest BCUT2D eigenvalue weighted by atomic mass is 9.88. The second kappa shape index (κ2) is 14.5. The molecular weight excluding hydrogens is 698 g/mol. The van der Waals surface area contributed by atoms with E-state index in [1.54, 1.807) is 0 Å². The van der Waals surface area contributed by atoms with E-state index in [4.69, 9.17) is 31.3 Å². The van der Waals surface area contributed by atoms with Gasteiger partial charge < -0.3 is 34.2 Å². The number of benzene rings is 4. The van der Waals surface area contributed by atoms with Gasteiger partial charge in [-0.2, -0.15) is 15.0 Å². The number of aromatic amines is 1. The van der Waals surface area contributed by atoms with Crippen molar-refractivity contribution in [1.29, 1.82) is 0 Å². The molecule has 0 amide bonds. The van der Waals surface area contributed by atoms with Crippen molar-refractivity contribution in [2.24, 2.45) is 0 Å². The molecule has 1 N–H and O–H groups in total. The first-order valence-corrected chi connectivity index (χ1v) is 19.0. The van der Waals surface area contributed by atoms with Crippen molar-refractivity contribution >= 4 is 57.7 Å². The molecule has 54 heavy (non-hydrogen) atoms. The average Bonchev–Trinajstić information content (AvgIpc) is 3.62. The SMILES string of the molecule is COC(=O)[C@@H]1Cc2c([nH]c3ccccc23)[C@H](c2ccc(Cl)cc2)N1c1nc(N2CCN(c3ccccc3)CC2)nc(N2CCN(c3ccccc3)CC2)n1. The molecule has 6 aromatic rings. The van der Waals surface area contributed by atoms with Gasteiger partial charge in [0.2, 0.25) is 17.8 Å². The van der Waals surface area contributed by atoms with Gasteiger partial charge in [0, 0.05) is 91.8 Å². The third kappa shape index (κ3) is 6.42. The van der Waals surface area contributed by atoms with Gasteiger partial charge in [-0.3, -0.25) is 0 Å². The molecule has 0 spiro atoms. The maximum atomic E-state index is 14.0. The number of ether oxygens (including phenoxy) is 1. The summed E-state index contributed by atoms with van der Waals surface area (Å²) in [7, 11) is 1.45. The fourth-order valence-corrected chi connectivity index (χ4v) is 8.32. The number of H-pyrrole nitrogens is 1. The molecule has 3 aliphatic heterocycles. The second-order valence-corrected chi connectivity index (χ2v) is 14.5. The Labute approximate surface area is 319 Å². The minimum Gasteiger partial charge on any atom is -0.467 e. The Hall–Kier alpha value is -5.81. The van der Waals surface area contributed by atoms with Crippen LogP contribution < -0.4 is 24.5 Å². The van der Waals surface area contributed by atoms with Crippen molar-refractivity contribution in [1.82, 2.24) is 19.9 Å². The first-order valence-electron chi connectivity index (χ1n) is 18.6. The van der Waals surface area contributed by atoms with Gasteiger partial charge in [-0.05, 0) is 53.6 Å². The van der Waals surface area contributed by atoms with Crippen molar-refractivity contribution in [3.8, 4) is 0 Å². The highest BCUT2D eigenvalue weighted by Crippen LogP contribution is 2.43. The highest BCUT2D eigenvalue weighted by molar-refractivity contribution is 6.30. The number of halogens is 1. The lowest BCUT2D eigenvalue weighted by molar-refractivity contribution is -0.142. The van der Waals surface area contributed by atoms with Gasteiger partial charge in [-0.25, -0.2) is 4.79 Å². The molecule has 2 saturated heterocycles. The number of nitrogens with zero attached hydrogens (tertiary/aromatic N) is 8. The van der Waals surface area contributed by atoms with E-state index < -0.39 is 12.1 Å². The number of piperazine rings is 2. The summed E-state index contributed by atoms with van der Waals surface area (Å²) < 4.78 is 5.53. The summed E-state index contributed by atoms with van der Waals surface area (Å²) in [4.78, 5) is 44.7. The van der Waals surface area contributed by atoms with E-state index in [0.717, 1.165) is 80.1 Å². The summed E-state index contributed by atoms with van der Waals surface area (Å²) in [6, 6.07) is 36.0. The van der Waals surface area contributed by atoms with Gasteiger partial charge in [0.15, 0.2) is 0 Å². The van der Waals surface area contributed by atoms with Gasteiger partial charge in [0.1, 0.15) is 6.04 Å². The topological polar surface area (TPSA) is 97.0 Å². The van der Waals surface area contributed by atoms with Gasteiger partial charge in [0.05, 0.1) is 13.2 Å². The van der Waals surface area contributed by atoms with Crippen LogP contribution in [0.3, 0.4) is 0 Å². The van der Waals surface area contributed by atoms with E-state index in [2.05, 4.69) is 85.2 Å².